The van der Waals surface area contributed by atoms with Gasteiger partial charge in [-0.15, -0.1) is 0 Å². The SMILES string of the molecule is O=C(O)C[C@H](C(=O)O)c1ccccc1[N+](=O)[O-]. The molecule has 1 rings (SSSR count). The van der Waals surface area contributed by atoms with Crippen molar-refractivity contribution in [2.75, 3.05) is 0 Å². The zero-order valence-electron chi connectivity index (χ0n) is 8.57. The van der Waals surface area contributed by atoms with Crippen LogP contribution in [0.4, 0.5) is 5.69 Å². The van der Waals surface area contributed by atoms with Gasteiger partial charge in [0.1, 0.15) is 0 Å². The maximum atomic E-state index is 10.9. The number of hydrogen-bond acceptors (Lipinski definition) is 4. The minimum atomic E-state index is -1.42. The highest BCUT2D eigenvalue weighted by Gasteiger charge is 2.29. The van der Waals surface area contributed by atoms with E-state index in [2.05, 4.69) is 0 Å². The molecule has 0 fully saturated rings. The normalized spacial score (nSPS) is 11.8. The predicted octanol–water partition coefficient (Wildman–Crippen LogP) is 1.24. The van der Waals surface area contributed by atoms with Crippen molar-refractivity contribution in [1.82, 2.24) is 0 Å². The Balaban J connectivity index is 3.22. The van der Waals surface area contributed by atoms with E-state index in [4.69, 9.17) is 10.2 Å². The van der Waals surface area contributed by atoms with Gasteiger partial charge in [0.25, 0.3) is 5.69 Å². The van der Waals surface area contributed by atoms with Crippen molar-refractivity contribution in [1.29, 1.82) is 0 Å². The summed E-state index contributed by atoms with van der Waals surface area (Å²) >= 11 is 0. The van der Waals surface area contributed by atoms with E-state index in [-0.39, 0.29) is 11.3 Å². The van der Waals surface area contributed by atoms with Gasteiger partial charge in [0.2, 0.25) is 0 Å². The number of benzene rings is 1. The summed E-state index contributed by atoms with van der Waals surface area (Å²) < 4.78 is 0. The number of carboxylic acids is 2. The average molecular weight is 239 g/mol. The van der Waals surface area contributed by atoms with Gasteiger partial charge in [-0.05, 0) is 0 Å². The van der Waals surface area contributed by atoms with Gasteiger partial charge in [-0.1, -0.05) is 18.2 Å². The second-order valence-corrected chi connectivity index (χ2v) is 3.30. The number of nitro benzene ring substituents is 1. The van der Waals surface area contributed by atoms with Crippen molar-refractivity contribution < 1.29 is 24.7 Å². The summed E-state index contributed by atoms with van der Waals surface area (Å²) in [7, 11) is 0. The van der Waals surface area contributed by atoms with Crippen LogP contribution in [0.2, 0.25) is 0 Å². The molecule has 0 unspecified atom stereocenters. The number of carbonyl (C=O) groups is 2. The first-order chi connectivity index (χ1) is 7.93. The topological polar surface area (TPSA) is 118 Å². The molecule has 2 N–H and O–H groups in total. The lowest BCUT2D eigenvalue weighted by Gasteiger charge is -2.10. The standard InChI is InChI=1S/C10H9NO6/c12-9(13)5-7(10(14)15)6-3-1-2-4-8(6)11(16)17/h1-4,7H,5H2,(H,12,13)(H,14,15)/t7-/m0/s1. The number of rotatable bonds is 5. The van der Waals surface area contributed by atoms with Gasteiger partial charge < -0.3 is 10.2 Å². The van der Waals surface area contributed by atoms with Crippen LogP contribution in [0, 0.1) is 10.1 Å². The third-order valence-corrected chi connectivity index (χ3v) is 2.19. The van der Waals surface area contributed by atoms with Crippen LogP contribution in [0.1, 0.15) is 17.9 Å². The lowest BCUT2D eigenvalue weighted by molar-refractivity contribution is -0.385. The Hall–Kier alpha value is -2.44. The second kappa shape index (κ2) is 5.06. The monoisotopic (exact) mass is 239 g/mol. The van der Waals surface area contributed by atoms with Crippen LogP contribution < -0.4 is 0 Å². The highest BCUT2D eigenvalue weighted by Crippen LogP contribution is 2.28. The van der Waals surface area contributed by atoms with Crippen LogP contribution >= 0.6 is 0 Å². The van der Waals surface area contributed by atoms with E-state index >= 15 is 0 Å². The summed E-state index contributed by atoms with van der Waals surface area (Å²) in [6.07, 6.45) is -0.694. The number of hydrogen-bond donors (Lipinski definition) is 2. The smallest absolute Gasteiger partial charge is 0.311 e. The van der Waals surface area contributed by atoms with Crippen molar-refractivity contribution in [2.24, 2.45) is 0 Å². The van der Waals surface area contributed by atoms with E-state index in [9.17, 15) is 19.7 Å². The summed E-state index contributed by atoms with van der Waals surface area (Å²) in [6.45, 7) is 0. The number of carboxylic acid groups (broad SMARTS) is 2. The fourth-order valence-corrected chi connectivity index (χ4v) is 1.45. The molecule has 90 valence electrons. The van der Waals surface area contributed by atoms with Crippen LogP contribution in [-0.4, -0.2) is 27.1 Å². The largest absolute Gasteiger partial charge is 0.481 e. The maximum absolute atomic E-state index is 10.9. The van der Waals surface area contributed by atoms with Gasteiger partial charge in [-0.2, -0.15) is 0 Å². The molecule has 0 heterocycles. The summed E-state index contributed by atoms with van der Waals surface area (Å²) in [6, 6.07) is 5.22. The Morgan fingerprint density at radius 1 is 1.29 bits per heavy atom. The molecule has 0 amide bonds. The Labute approximate surface area is 95.5 Å². The molecule has 0 saturated heterocycles. The van der Waals surface area contributed by atoms with Crippen LogP contribution in [0.5, 0.6) is 0 Å². The van der Waals surface area contributed by atoms with Crippen LogP contribution in [0.15, 0.2) is 24.3 Å². The highest BCUT2D eigenvalue weighted by atomic mass is 16.6. The molecule has 1 atom stereocenters. The van der Waals surface area contributed by atoms with Gasteiger partial charge in [0.15, 0.2) is 0 Å². The Morgan fingerprint density at radius 2 is 1.88 bits per heavy atom. The van der Waals surface area contributed by atoms with E-state index < -0.39 is 29.2 Å². The molecule has 1 aromatic carbocycles. The van der Waals surface area contributed by atoms with Crippen molar-refractivity contribution in [2.45, 2.75) is 12.3 Å². The van der Waals surface area contributed by atoms with Crippen LogP contribution in [-0.2, 0) is 9.59 Å². The summed E-state index contributed by atoms with van der Waals surface area (Å²) in [5.74, 6) is -4.15. The maximum Gasteiger partial charge on any atom is 0.311 e. The minimum Gasteiger partial charge on any atom is -0.481 e. The molecular formula is C10H9NO6. The number of nitro groups is 1. The molecule has 7 nitrogen and oxygen atoms in total. The van der Waals surface area contributed by atoms with Gasteiger partial charge >= 0.3 is 11.9 Å². The molecule has 17 heavy (non-hydrogen) atoms. The summed E-state index contributed by atoms with van der Waals surface area (Å²) in [4.78, 5) is 31.4. The van der Waals surface area contributed by atoms with E-state index in [1.807, 2.05) is 0 Å². The quantitative estimate of drug-likeness (QED) is 0.589. The van der Waals surface area contributed by atoms with E-state index in [1.165, 1.54) is 18.2 Å². The predicted molar refractivity (Wildman–Crippen MR) is 55.7 cm³/mol. The lowest BCUT2D eigenvalue weighted by atomic mass is 9.94. The first-order valence-electron chi connectivity index (χ1n) is 4.61. The fraction of sp³-hybridized carbons (Fsp3) is 0.200. The highest BCUT2D eigenvalue weighted by molar-refractivity contribution is 5.83. The first-order valence-corrected chi connectivity index (χ1v) is 4.61. The molecule has 0 aromatic heterocycles. The first kappa shape index (κ1) is 12.6. The molecule has 0 saturated carbocycles. The van der Waals surface area contributed by atoms with E-state index in [0.29, 0.717) is 0 Å². The Bertz CT molecular complexity index is 470. The van der Waals surface area contributed by atoms with Gasteiger partial charge in [0.05, 0.1) is 17.3 Å². The van der Waals surface area contributed by atoms with E-state index in [0.717, 1.165) is 6.07 Å². The second-order valence-electron chi connectivity index (χ2n) is 3.30. The van der Waals surface area contributed by atoms with Crippen molar-refractivity contribution in [3.63, 3.8) is 0 Å². The van der Waals surface area contributed by atoms with Crippen molar-refractivity contribution in [3.8, 4) is 0 Å². The molecule has 0 aliphatic heterocycles. The number of para-hydroxylation sites is 1. The number of nitrogens with zero attached hydrogens (tertiary/aromatic N) is 1. The minimum absolute atomic E-state index is 0.104. The van der Waals surface area contributed by atoms with Gasteiger partial charge in [-0.25, -0.2) is 0 Å². The Morgan fingerprint density at radius 3 is 2.35 bits per heavy atom. The molecule has 0 aliphatic rings. The average Bonchev–Trinajstić information content (AvgIpc) is 2.25. The zero-order chi connectivity index (χ0) is 13.0. The van der Waals surface area contributed by atoms with Crippen molar-refractivity contribution >= 4 is 17.6 Å². The molecule has 7 heteroatoms. The fourth-order valence-electron chi connectivity index (χ4n) is 1.45. The lowest BCUT2D eigenvalue weighted by Crippen LogP contribution is -2.17. The van der Waals surface area contributed by atoms with E-state index in [1.54, 1.807) is 0 Å². The molecule has 0 aliphatic carbocycles. The van der Waals surface area contributed by atoms with Gasteiger partial charge in [0, 0.05) is 11.6 Å². The summed E-state index contributed by atoms with van der Waals surface area (Å²) in [5, 5.41) is 28.2. The van der Waals surface area contributed by atoms with Crippen LogP contribution in [0.25, 0.3) is 0 Å². The van der Waals surface area contributed by atoms with Crippen LogP contribution in [0.3, 0.4) is 0 Å². The number of aliphatic carboxylic acids is 2. The molecular weight excluding hydrogens is 230 g/mol. The molecule has 0 bridgehead atoms. The molecule has 0 spiro atoms. The molecule has 0 radical (unpaired) electrons. The third kappa shape index (κ3) is 3.00. The Kier molecular flexibility index (Phi) is 3.76. The zero-order valence-corrected chi connectivity index (χ0v) is 8.57. The van der Waals surface area contributed by atoms with Gasteiger partial charge in [-0.3, -0.25) is 19.7 Å². The van der Waals surface area contributed by atoms with Crippen molar-refractivity contribution in [3.05, 3.63) is 39.9 Å². The third-order valence-electron chi connectivity index (χ3n) is 2.19. The summed E-state index contributed by atoms with van der Waals surface area (Å²) in [5.41, 5.74) is -0.492. The molecule has 1 aromatic rings.